The molecule has 0 unspecified atom stereocenters. The Kier molecular flexibility index (Phi) is 6.34. The Hall–Kier alpha value is -2.83. The molecule has 1 saturated heterocycles. The lowest BCUT2D eigenvalue weighted by Gasteiger charge is -2.22. The van der Waals surface area contributed by atoms with Gasteiger partial charge in [-0.3, -0.25) is 4.79 Å². The highest BCUT2D eigenvalue weighted by molar-refractivity contribution is 5.94. The molecule has 1 aliphatic rings. The van der Waals surface area contributed by atoms with E-state index in [9.17, 15) is 4.79 Å². The number of carbonyl (C=O) groups excluding carboxylic acids is 1. The van der Waals surface area contributed by atoms with Gasteiger partial charge in [-0.2, -0.15) is 0 Å². The molecular formula is C21H30N6O. The summed E-state index contributed by atoms with van der Waals surface area (Å²) in [5, 5.41) is 3.57. The summed E-state index contributed by atoms with van der Waals surface area (Å²) in [6.45, 7) is 1.54. The standard InChI is InChI=1S/C21H30N6O/c1-25(2)19-8-7-18(15-23-19)24-17-6-5-12-27(13-10-17)21(28)16-9-11-22-20(14-16)26(3)4/h7-9,11,14-15,17,24H,5-6,10,12-13H2,1-4H3/t17-/m1/s1. The molecule has 1 fully saturated rings. The van der Waals surface area contributed by atoms with E-state index in [-0.39, 0.29) is 5.91 Å². The van der Waals surface area contributed by atoms with Crippen LogP contribution in [0.2, 0.25) is 0 Å². The second kappa shape index (κ2) is 8.91. The lowest BCUT2D eigenvalue weighted by atomic mass is 10.1. The molecule has 3 rings (SSSR count). The van der Waals surface area contributed by atoms with Crippen LogP contribution in [0.5, 0.6) is 0 Å². The van der Waals surface area contributed by atoms with E-state index in [1.807, 2.05) is 61.2 Å². The fourth-order valence-electron chi connectivity index (χ4n) is 3.39. The van der Waals surface area contributed by atoms with Gasteiger partial charge in [0.25, 0.3) is 5.91 Å². The Balaban J connectivity index is 1.60. The van der Waals surface area contributed by atoms with Gasteiger partial charge < -0.3 is 20.0 Å². The minimum atomic E-state index is 0.0863. The van der Waals surface area contributed by atoms with Gasteiger partial charge in [-0.15, -0.1) is 0 Å². The summed E-state index contributed by atoms with van der Waals surface area (Å²) in [5.74, 6) is 1.83. The van der Waals surface area contributed by atoms with Crippen LogP contribution in [0.15, 0.2) is 36.7 Å². The average Bonchev–Trinajstić information content (AvgIpc) is 2.93. The Morgan fingerprint density at radius 1 is 1.04 bits per heavy atom. The first-order valence-corrected chi connectivity index (χ1v) is 9.76. The van der Waals surface area contributed by atoms with Crippen molar-refractivity contribution < 1.29 is 4.79 Å². The molecule has 0 saturated carbocycles. The number of anilines is 3. The van der Waals surface area contributed by atoms with Crippen molar-refractivity contribution in [3.8, 4) is 0 Å². The first kappa shape index (κ1) is 19.9. The fraction of sp³-hybridized carbons (Fsp3) is 0.476. The topological polar surface area (TPSA) is 64.6 Å². The van der Waals surface area contributed by atoms with Crippen LogP contribution < -0.4 is 15.1 Å². The maximum Gasteiger partial charge on any atom is 0.254 e. The fourth-order valence-corrected chi connectivity index (χ4v) is 3.39. The predicted octanol–water partition coefficient (Wildman–Crippen LogP) is 2.72. The van der Waals surface area contributed by atoms with Crippen molar-refractivity contribution in [1.29, 1.82) is 0 Å². The van der Waals surface area contributed by atoms with Crippen LogP contribution in [0.4, 0.5) is 17.3 Å². The monoisotopic (exact) mass is 382 g/mol. The first-order chi connectivity index (χ1) is 13.4. The number of amides is 1. The number of aromatic nitrogens is 2. The lowest BCUT2D eigenvalue weighted by molar-refractivity contribution is 0.0761. The number of likely N-dealkylation sites (tertiary alicyclic amines) is 1. The Morgan fingerprint density at radius 3 is 2.50 bits per heavy atom. The van der Waals surface area contributed by atoms with Crippen molar-refractivity contribution in [2.45, 2.75) is 25.3 Å². The third-order valence-electron chi connectivity index (χ3n) is 5.04. The van der Waals surface area contributed by atoms with Gasteiger partial charge in [-0.25, -0.2) is 9.97 Å². The van der Waals surface area contributed by atoms with Crippen molar-refractivity contribution in [1.82, 2.24) is 14.9 Å². The van der Waals surface area contributed by atoms with Gasteiger partial charge in [0.15, 0.2) is 0 Å². The highest BCUT2D eigenvalue weighted by atomic mass is 16.2. The molecule has 0 aliphatic carbocycles. The van der Waals surface area contributed by atoms with Gasteiger partial charge in [0.2, 0.25) is 0 Å². The van der Waals surface area contributed by atoms with Crippen LogP contribution in [0.25, 0.3) is 0 Å². The number of carbonyl (C=O) groups is 1. The van der Waals surface area contributed by atoms with E-state index in [0.29, 0.717) is 11.6 Å². The largest absolute Gasteiger partial charge is 0.381 e. The maximum absolute atomic E-state index is 12.9. The minimum Gasteiger partial charge on any atom is -0.381 e. The Labute approximate surface area is 167 Å². The van der Waals surface area contributed by atoms with Gasteiger partial charge in [-0.1, -0.05) is 0 Å². The van der Waals surface area contributed by atoms with Crippen LogP contribution in [0.3, 0.4) is 0 Å². The first-order valence-electron chi connectivity index (χ1n) is 9.76. The second-order valence-corrected chi connectivity index (χ2v) is 7.66. The average molecular weight is 383 g/mol. The molecule has 0 radical (unpaired) electrons. The van der Waals surface area contributed by atoms with E-state index in [1.165, 1.54) is 0 Å². The van der Waals surface area contributed by atoms with Crippen molar-refractivity contribution in [3.63, 3.8) is 0 Å². The number of pyridine rings is 2. The van der Waals surface area contributed by atoms with E-state index in [2.05, 4.69) is 21.4 Å². The zero-order valence-electron chi connectivity index (χ0n) is 17.2. The quantitative estimate of drug-likeness (QED) is 0.858. The molecule has 28 heavy (non-hydrogen) atoms. The van der Waals surface area contributed by atoms with Crippen LogP contribution in [0.1, 0.15) is 29.6 Å². The SMILES string of the molecule is CN(C)c1ccc(N[C@@H]2CCCN(C(=O)c3ccnc(N(C)C)c3)CC2)cn1. The maximum atomic E-state index is 12.9. The molecule has 7 heteroatoms. The smallest absolute Gasteiger partial charge is 0.254 e. The lowest BCUT2D eigenvalue weighted by Crippen LogP contribution is -2.32. The molecule has 0 aromatic carbocycles. The van der Waals surface area contributed by atoms with E-state index >= 15 is 0 Å². The molecule has 150 valence electrons. The van der Waals surface area contributed by atoms with Crippen molar-refractivity contribution in [2.75, 3.05) is 56.4 Å². The van der Waals surface area contributed by atoms with E-state index in [4.69, 9.17) is 0 Å². The minimum absolute atomic E-state index is 0.0863. The summed E-state index contributed by atoms with van der Waals surface area (Å²) in [7, 11) is 7.82. The van der Waals surface area contributed by atoms with E-state index in [0.717, 1.165) is 49.7 Å². The van der Waals surface area contributed by atoms with Crippen LogP contribution in [-0.4, -0.2) is 68.1 Å². The zero-order valence-corrected chi connectivity index (χ0v) is 17.2. The summed E-state index contributed by atoms with van der Waals surface area (Å²) in [4.78, 5) is 27.6. The number of nitrogens with one attached hydrogen (secondary N) is 1. The summed E-state index contributed by atoms with van der Waals surface area (Å²) < 4.78 is 0. The number of nitrogens with zero attached hydrogens (tertiary/aromatic N) is 5. The van der Waals surface area contributed by atoms with E-state index in [1.54, 1.807) is 12.3 Å². The van der Waals surface area contributed by atoms with Gasteiger partial charge in [-0.05, 0) is 43.5 Å². The summed E-state index contributed by atoms with van der Waals surface area (Å²) in [6, 6.07) is 8.09. The molecule has 2 aromatic heterocycles. The summed E-state index contributed by atoms with van der Waals surface area (Å²) >= 11 is 0. The molecule has 1 amide bonds. The second-order valence-electron chi connectivity index (χ2n) is 7.66. The van der Waals surface area contributed by atoms with Crippen molar-refractivity contribution in [2.24, 2.45) is 0 Å². The highest BCUT2D eigenvalue weighted by Gasteiger charge is 2.22. The van der Waals surface area contributed by atoms with Crippen molar-refractivity contribution >= 4 is 23.2 Å². The normalized spacial score (nSPS) is 17.0. The molecule has 1 N–H and O–H groups in total. The molecule has 7 nitrogen and oxygen atoms in total. The zero-order chi connectivity index (χ0) is 20.1. The van der Waals surface area contributed by atoms with Gasteiger partial charge >= 0.3 is 0 Å². The molecule has 0 spiro atoms. The van der Waals surface area contributed by atoms with Gasteiger partial charge in [0.1, 0.15) is 11.6 Å². The number of hydrogen-bond acceptors (Lipinski definition) is 6. The Bertz CT molecular complexity index is 790. The number of hydrogen-bond donors (Lipinski definition) is 1. The summed E-state index contributed by atoms with van der Waals surface area (Å²) in [5.41, 5.74) is 1.73. The third kappa shape index (κ3) is 4.91. The third-order valence-corrected chi connectivity index (χ3v) is 5.04. The molecule has 2 aromatic rings. The molecule has 3 heterocycles. The molecule has 0 bridgehead atoms. The summed E-state index contributed by atoms with van der Waals surface area (Å²) in [6.07, 6.45) is 6.53. The Morgan fingerprint density at radius 2 is 1.82 bits per heavy atom. The van der Waals surface area contributed by atoms with Gasteiger partial charge in [0.05, 0.1) is 11.9 Å². The molecule has 1 aliphatic heterocycles. The highest BCUT2D eigenvalue weighted by Crippen LogP contribution is 2.20. The van der Waals surface area contributed by atoms with Crippen molar-refractivity contribution in [3.05, 3.63) is 42.2 Å². The van der Waals surface area contributed by atoms with Gasteiger partial charge in [0, 0.05) is 59.1 Å². The van der Waals surface area contributed by atoms with E-state index < -0.39 is 0 Å². The predicted molar refractivity (Wildman–Crippen MR) is 114 cm³/mol. The number of rotatable bonds is 5. The van der Waals surface area contributed by atoms with Crippen LogP contribution >= 0.6 is 0 Å². The van der Waals surface area contributed by atoms with Crippen LogP contribution in [0, 0.1) is 0 Å². The molecular weight excluding hydrogens is 352 g/mol. The van der Waals surface area contributed by atoms with Crippen LogP contribution in [-0.2, 0) is 0 Å². The molecule has 1 atom stereocenters.